The molecule has 1 aromatic rings. The Morgan fingerprint density at radius 1 is 1.33 bits per heavy atom. The van der Waals surface area contributed by atoms with Gasteiger partial charge in [-0.1, -0.05) is 6.92 Å². The van der Waals surface area contributed by atoms with Crippen LogP contribution >= 0.6 is 0 Å². The molecular weight excluding hydrogens is 186 g/mol. The Hall–Kier alpha value is -0.990. The predicted octanol–water partition coefficient (Wildman–Crippen LogP) is 2.46. The molecule has 3 nitrogen and oxygen atoms in total. The first-order valence-corrected chi connectivity index (χ1v) is 6.12. The van der Waals surface area contributed by atoms with Crippen molar-refractivity contribution in [1.29, 1.82) is 0 Å². The molecule has 0 aliphatic heterocycles. The van der Waals surface area contributed by atoms with Crippen LogP contribution in [0.25, 0.3) is 0 Å². The van der Waals surface area contributed by atoms with E-state index in [1.165, 1.54) is 36.9 Å². The van der Waals surface area contributed by atoms with Crippen LogP contribution in [0.3, 0.4) is 0 Å². The number of aromatic amines is 1. The van der Waals surface area contributed by atoms with E-state index < -0.39 is 0 Å². The SMILES string of the molecule is CCc1c(N)n[nH]c1C1CCC2CC2C1. The van der Waals surface area contributed by atoms with Crippen LogP contribution in [0.2, 0.25) is 0 Å². The number of anilines is 1. The Bertz CT molecular complexity index is 369. The number of nitrogen functional groups attached to an aromatic ring is 1. The molecule has 15 heavy (non-hydrogen) atoms. The van der Waals surface area contributed by atoms with Gasteiger partial charge in [0.2, 0.25) is 0 Å². The second-order valence-corrected chi connectivity index (χ2v) is 5.12. The topological polar surface area (TPSA) is 54.7 Å². The van der Waals surface area contributed by atoms with Crippen molar-refractivity contribution in [2.24, 2.45) is 11.8 Å². The minimum atomic E-state index is 0.702. The summed E-state index contributed by atoms with van der Waals surface area (Å²) in [7, 11) is 0. The van der Waals surface area contributed by atoms with Crippen molar-refractivity contribution in [2.75, 3.05) is 5.73 Å². The van der Waals surface area contributed by atoms with Crippen molar-refractivity contribution in [3.05, 3.63) is 11.3 Å². The molecule has 0 radical (unpaired) electrons. The summed E-state index contributed by atoms with van der Waals surface area (Å²) in [6.07, 6.45) is 6.58. The lowest BCUT2D eigenvalue weighted by Crippen LogP contribution is -2.09. The van der Waals surface area contributed by atoms with E-state index in [4.69, 9.17) is 5.73 Å². The van der Waals surface area contributed by atoms with Gasteiger partial charge in [0.25, 0.3) is 0 Å². The van der Waals surface area contributed by atoms with E-state index in [-0.39, 0.29) is 0 Å². The average Bonchev–Trinajstić information content (AvgIpc) is 2.93. The highest BCUT2D eigenvalue weighted by Gasteiger charge is 2.43. The van der Waals surface area contributed by atoms with E-state index in [2.05, 4.69) is 17.1 Å². The van der Waals surface area contributed by atoms with E-state index in [0.717, 1.165) is 18.3 Å². The summed E-state index contributed by atoms with van der Waals surface area (Å²) in [5, 5.41) is 7.31. The Labute approximate surface area is 90.4 Å². The van der Waals surface area contributed by atoms with Crippen LogP contribution in [0.1, 0.15) is 49.8 Å². The second kappa shape index (κ2) is 3.26. The molecule has 3 unspecified atom stereocenters. The van der Waals surface area contributed by atoms with Gasteiger partial charge in [0.05, 0.1) is 0 Å². The van der Waals surface area contributed by atoms with Crippen LogP contribution in [0, 0.1) is 11.8 Å². The van der Waals surface area contributed by atoms with Crippen molar-refractivity contribution < 1.29 is 0 Å². The maximum Gasteiger partial charge on any atom is 0.148 e. The lowest BCUT2D eigenvalue weighted by Gasteiger charge is -2.20. The third-order valence-corrected chi connectivity index (χ3v) is 4.24. The Kier molecular flexibility index (Phi) is 2.01. The number of hydrogen-bond donors (Lipinski definition) is 2. The summed E-state index contributed by atoms with van der Waals surface area (Å²) >= 11 is 0. The summed E-state index contributed by atoms with van der Waals surface area (Å²) in [5.74, 6) is 3.49. The molecule has 2 aliphatic carbocycles. The van der Waals surface area contributed by atoms with Gasteiger partial charge in [-0.3, -0.25) is 5.10 Å². The van der Waals surface area contributed by atoms with Crippen LogP contribution in [-0.2, 0) is 6.42 Å². The largest absolute Gasteiger partial charge is 0.382 e. The summed E-state index contributed by atoms with van der Waals surface area (Å²) < 4.78 is 0. The van der Waals surface area contributed by atoms with Gasteiger partial charge in [-0.2, -0.15) is 5.10 Å². The van der Waals surface area contributed by atoms with Gasteiger partial charge in [0, 0.05) is 17.2 Å². The maximum absolute atomic E-state index is 5.86. The molecule has 3 rings (SSSR count). The second-order valence-electron chi connectivity index (χ2n) is 5.12. The Balaban J connectivity index is 1.84. The predicted molar refractivity (Wildman–Crippen MR) is 60.6 cm³/mol. The highest BCUT2D eigenvalue weighted by Crippen LogP contribution is 2.54. The van der Waals surface area contributed by atoms with Gasteiger partial charge in [-0.25, -0.2) is 0 Å². The fourth-order valence-corrected chi connectivity index (χ4v) is 3.22. The summed E-state index contributed by atoms with van der Waals surface area (Å²) in [5.41, 5.74) is 8.46. The van der Waals surface area contributed by atoms with Gasteiger partial charge >= 0.3 is 0 Å². The summed E-state index contributed by atoms with van der Waals surface area (Å²) in [4.78, 5) is 0. The first kappa shape index (κ1) is 9.25. The lowest BCUT2D eigenvalue weighted by atomic mass is 9.85. The van der Waals surface area contributed by atoms with E-state index in [1.54, 1.807) is 0 Å². The van der Waals surface area contributed by atoms with Crippen LogP contribution < -0.4 is 5.73 Å². The number of aromatic nitrogens is 2. The molecule has 1 heterocycles. The number of nitrogens with one attached hydrogen (secondary N) is 1. The summed E-state index contributed by atoms with van der Waals surface area (Å²) in [6.45, 7) is 2.16. The molecule has 0 saturated heterocycles. The third-order valence-electron chi connectivity index (χ3n) is 4.24. The van der Waals surface area contributed by atoms with Crippen molar-refractivity contribution in [3.63, 3.8) is 0 Å². The van der Waals surface area contributed by atoms with Gasteiger partial charge < -0.3 is 5.73 Å². The number of fused-ring (bicyclic) bond motifs is 1. The molecule has 0 bridgehead atoms. The number of nitrogens with two attached hydrogens (primary N) is 1. The number of hydrogen-bond acceptors (Lipinski definition) is 2. The molecule has 2 fully saturated rings. The number of nitrogens with zero attached hydrogens (tertiary/aromatic N) is 1. The minimum absolute atomic E-state index is 0.702. The molecule has 0 spiro atoms. The average molecular weight is 205 g/mol. The number of rotatable bonds is 2. The van der Waals surface area contributed by atoms with E-state index >= 15 is 0 Å². The van der Waals surface area contributed by atoms with Gasteiger partial charge in [0.1, 0.15) is 5.82 Å². The fraction of sp³-hybridized carbons (Fsp3) is 0.750. The molecule has 2 saturated carbocycles. The van der Waals surface area contributed by atoms with Gasteiger partial charge in [-0.05, 0) is 43.9 Å². The van der Waals surface area contributed by atoms with Crippen LogP contribution in [0.4, 0.5) is 5.82 Å². The smallest absolute Gasteiger partial charge is 0.148 e. The first-order chi connectivity index (χ1) is 7.29. The van der Waals surface area contributed by atoms with Crippen molar-refractivity contribution in [3.8, 4) is 0 Å². The Morgan fingerprint density at radius 3 is 2.93 bits per heavy atom. The molecule has 3 N–H and O–H groups in total. The third kappa shape index (κ3) is 1.45. The van der Waals surface area contributed by atoms with Crippen LogP contribution in [0.15, 0.2) is 0 Å². The lowest BCUT2D eigenvalue weighted by molar-refractivity contribution is 0.415. The van der Waals surface area contributed by atoms with E-state index in [0.29, 0.717) is 11.7 Å². The van der Waals surface area contributed by atoms with Gasteiger partial charge in [0.15, 0.2) is 0 Å². The van der Waals surface area contributed by atoms with Crippen molar-refractivity contribution >= 4 is 5.82 Å². The zero-order chi connectivity index (χ0) is 10.4. The van der Waals surface area contributed by atoms with E-state index in [1.807, 2.05) is 0 Å². The van der Waals surface area contributed by atoms with E-state index in [9.17, 15) is 0 Å². The minimum Gasteiger partial charge on any atom is -0.382 e. The van der Waals surface area contributed by atoms with Crippen molar-refractivity contribution in [1.82, 2.24) is 10.2 Å². The maximum atomic E-state index is 5.86. The van der Waals surface area contributed by atoms with Crippen LogP contribution in [-0.4, -0.2) is 10.2 Å². The zero-order valence-electron chi connectivity index (χ0n) is 9.29. The summed E-state index contributed by atoms with van der Waals surface area (Å²) in [6, 6.07) is 0. The zero-order valence-corrected chi connectivity index (χ0v) is 9.29. The standard InChI is InChI=1S/C12H19N3/c1-2-10-11(14-15-12(10)13)8-4-3-7-5-9(7)6-8/h7-9H,2-6H2,1H3,(H3,13,14,15). The number of H-pyrrole nitrogens is 1. The molecule has 0 amide bonds. The van der Waals surface area contributed by atoms with Crippen LogP contribution in [0.5, 0.6) is 0 Å². The normalized spacial score (nSPS) is 33.8. The first-order valence-electron chi connectivity index (χ1n) is 6.12. The molecular formula is C12H19N3. The highest BCUT2D eigenvalue weighted by molar-refractivity contribution is 5.43. The van der Waals surface area contributed by atoms with Gasteiger partial charge in [-0.15, -0.1) is 0 Å². The molecule has 1 aromatic heterocycles. The quantitative estimate of drug-likeness (QED) is 0.779. The monoisotopic (exact) mass is 205 g/mol. The highest BCUT2D eigenvalue weighted by atomic mass is 15.2. The fourth-order valence-electron chi connectivity index (χ4n) is 3.22. The molecule has 3 heteroatoms. The molecule has 2 aliphatic rings. The van der Waals surface area contributed by atoms with Crippen molar-refractivity contribution in [2.45, 2.75) is 44.9 Å². The molecule has 3 atom stereocenters. The molecule has 0 aromatic carbocycles. The Morgan fingerprint density at radius 2 is 2.20 bits per heavy atom. The molecule has 82 valence electrons.